The van der Waals surface area contributed by atoms with E-state index in [4.69, 9.17) is 11.6 Å². The molecule has 3 amide bonds. The minimum absolute atomic E-state index is 0.0365. The van der Waals surface area contributed by atoms with Gasteiger partial charge >= 0.3 is 30.5 Å². The Morgan fingerprint density at radius 3 is 2.10 bits per heavy atom. The minimum atomic E-state index is -5.59. The summed E-state index contributed by atoms with van der Waals surface area (Å²) < 4.78 is 119. The molecule has 0 fully saturated rings. The van der Waals surface area contributed by atoms with E-state index in [0.717, 1.165) is 12.1 Å². The lowest BCUT2D eigenvalue weighted by Crippen LogP contribution is -2.50. The fraction of sp³-hybridized carbons (Fsp3) is 0.400. The van der Waals surface area contributed by atoms with Crippen molar-refractivity contribution in [3.63, 3.8) is 0 Å². The van der Waals surface area contributed by atoms with E-state index >= 15 is 0 Å². The summed E-state index contributed by atoms with van der Waals surface area (Å²) in [5.41, 5.74) is -4.15. The van der Waals surface area contributed by atoms with E-state index in [9.17, 15) is 49.1 Å². The average Bonchev–Trinajstić information content (AvgIpc) is 3.20. The number of amides is 3. The molecule has 0 spiro atoms. The summed E-state index contributed by atoms with van der Waals surface area (Å²) >= 11 is 7.34. The van der Waals surface area contributed by atoms with E-state index < -0.39 is 57.7 Å². The lowest BCUT2D eigenvalue weighted by Gasteiger charge is -2.29. The predicted octanol–water partition coefficient (Wildman–Crippen LogP) is 8.26. The summed E-state index contributed by atoms with van der Waals surface area (Å²) in [6.45, 7) is 1.22. The van der Waals surface area contributed by atoms with Gasteiger partial charge < -0.3 is 0 Å². The molecule has 0 radical (unpaired) electrons. The van der Waals surface area contributed by atoms with Gasteiger partial charge in [0.25, 0.3) is 0 Å². The molecule has 0 aromatic heterocycles. The summed E-state index contributed by atoms with van der Waals surface area (Å²) in [6, 6.07) is 3.02. The SMILES string of the molecule is CSCCCC1(C)CN(C(=O)N(C(=O)C(F)(F)F)c2ccc(C(F)(F)F)cc2)N=C1c1ccc(C(F)(F)F)c(Cl)c1. The first-order chi connectivity index (χ1) is 18.8. The highest BCUT2D eigenvalue weighted by Gasteiger charge is 2.49. The fourth-order valence-electron chi connectivity index (χ4n) is 4.25. The molecule has 1 aliphatic rings. The van der Waals surface area contributed by atoms with Gasteiger partial charge in [0, 0.05) is 5.41 Å². The van der Waals surface area contributed by atoms with Crippen molar-refractivity contribution in [3.8, 4) is 0 Å². The topological polar surface area (TPSA) is 53.0 Å². The quantitative estimate of drug-likeness (QED) is 0.238. The van der Waals surface area contributed by atoms with Gasteiger partial charge in [-0.15, -0.1) is 0 Å². The fourth-order valence-corrected chi connectivity index (χ4v) is 4.97. The number of hydrogen-bond donors (Lipinski definition) is 0. The van der Waals surface area contributed by atoms with Gasteiger partial charge in [-0.05, 0) is 66.8 Å². The summed E-state index contributed by atoms with van der Waals surface area (Å²) in [7, 11) is 0. The molecule has 5 nitrogen and oxygen atoms in total. The number of alkyl halides is 9. The van der Waals surface area contributed by atoms with Crippen molar-refractivity contribution in [1.82, 2.24) is 5.01 Å². The van der Waals surface area contributed by atoms with Crippen LogP contribution in [0.4, 0.5) is 50.0 Å². The van der Waals surface area contributed by atoms with Crippen molar-refractivity contribution >= 4 is 46.7 Å². The third-order valence-electron chi connectivity index (χ3n) is 6.23. The van der Waals surface area contributed by atoms with Gasteiger partial charge in [0.2, 0.25) is 0 Å². The molecule has 0 N–H and O–H groups in total. The number of hydrazone groups is 1. The number of hydrogen-bond acceptors (Lipinski definition) is 4. The molecule has 0 saturated carbocycles. The van der Waals surface area contributed by atoms with E-state index in [0.29, 0.717) is 53.9 Å². The van der Waals surface area contributed by atoms with Crippen LogP contribution < -0.4 is 4.90 Å². The highest BCUT2D eigenvalue weighted by molar-refractivity contribution is 7.98. The molecule has 0 bridgehead atoms. The largest absolute Gasteiger partial charge is 0.472 e. The molecule has 224 valence electrons. The standard InChI is InChI=1S/C25H21ClF9N3O2S/c1-22(10-3-11-41-2)13-37(36-19(22)14-4-9-17(18(26)12-14)24(30,31)32)21(40)38(20(39)25(33,34)35)16-7-5-15(6-8-16)23(27,28)29/h4-9,12H,3,10-11,13H2,1-2H3. The van der Waals surface area contributed by atoms with Gasteiger partial charge in [-0.25, -0.2) is 14.7 Å². The third kappa shape index (κ3) is 7.29. The Labute approximate surface area is 237 Å². The maximum absolute atomic E-state index is 13.5. The van der Waals surface area contributed by atoms with Gasteiger partial charge in [0.1, 0.15) is 0 Å². The summed E-state index contributed by atoms with van der Waals surface area (Å²) in [5, 5.41) is 3.97. The second-order valence-corrected chi connectivity index (χ2v) is 10.7. The van der Waals surface area contributed by atoms with Crippen molar-refractivity contribution in [2.45, 2.75) is 38.3 Å². The number of nitrogens with zero attached hydrogens (tertiary/aromatic N) is 3. The van der Waals surface area contributed by atoms with Crippen LogP contribution in [-0.4, -0.2) is 47.4 Å². The minimum Gasteiger partial charge on any atom is -0.263 e. The number of carbonyl (C=O) groups excluding carboxylic acids is 2. The van der Waals surface area contributed by atoms with Crippen LogP contribution in [0.25, 0.3) is 0 Å². The zero-order valence-electron chi connectivity index (χ0n) is 21.2. The average molecular weight is 634 g/mol. The van der Waals surface area contributed by atoms with Crippen molar-refractivity contribution in [1.29, 1.82) is 0 Å². The maximum atomic E-state index is 13.5. The second kappa shape index (κ2) is 11.7. The number of urea groups is 1. The number of halogens is 10. The number of benzene rings is 2. The normalized spacial score (nSPS) is 18.0. The van der Waals surface area contributed by atoms with Crippen LogP contribution in [0.3, 0.4) is 0 Å². The van der Waals surface area contributed by atoms with Crippen LogP contribution in [0, 0.1) is 5.41 Å². The van der Waals surface area contributed by atoms with Crippen LogP contribution in [0.15, 0.2) is 47.6 Å². The van der Waals surface area contributed by atoms with E-state index in [1.54, 1.807) is 6.92 Å². The van der Waals surface area contributed by atoms with Gasteiger partial charge in [0.15, 0.2) is 0 Å². The lowest BCUT2D eigenvalue weighted by atomic mass is 9.78. The van der Waals surface area contributed by atoms with E-state index in [1.807, 2.05) is 6.26 Å². The Morgan fingerprint density at radius 2 is 1.61 bits per heavy atom. The molecule has 1 heterocycles. The molecule has 16 heteroatoms. The molecule has 1 atom stereocenters. The number of rotatable bonds is 6. The van der Waals surface area contributed by atoms with Crippen LogP contribution in [0.1, 0.15) is 36.5 Å². The van der Waals surface area contributed by atoms with Crippen molar-refractivity contribution in [2.75, 3.05) is 23.5 Å². The van der Waals surface area contributed by atoms with E-state index in [-0.39, 0.29) is 22.7 Å². The molecular formula is C25H21ClF9N3O2S. The Hall–Kier alpha value is -2.94. The Kier molecular flexibility index (Phi) is 9.33. The second-order valence-electron chi connectivity index (χ2n) is 9.32. The number of carbonyl (C=O) groups is 2. The Bertz CT molecular complexity index is 1330. The first-order valence-electron chi connectivity index (χ1n) is 11.6. The monoisotopic (exact) mass is 633 g/mol. The molecule has 1 unspecified atom stereocenters. The smallest absolute Gasteiger partial charge is 0.263 e. The highest BCUT2D eigenvalue weighted by atomic mass is 35.5. The molecule has 2 aromatic carbocycles. The van der Waals surface area contributed by atoms with Crippen molar-refractivity contribution < 1.29 is 49.1 Å². The van der Waals surface area contributed by atoms with Gasteiger partial charge in [-0.3, -0.25) is 4.79 Å². The van der Waals surface area contributed by atoms with Crippen molar-refractivity contribution in [2.24, 2.45) is 10.5 Å². The molecule has 0 saturated heterocycles. The van der Waals surface area contributed by atoms with Gasteiger partial charge in [-0.2, -0.15) is 56.4 Å². The molecule has 41 heavy (non-hydrogen) atoms. The molecule has 0 aliphatic carbocycles. The first kappa shape index (κ1) is 32.6. The zero-order chi connectivity index (χ0) is 31.0. The van der Waals surface area contributed by atoms with Crippen LogP contribution in [0.5, 0.6) is 0 Å². The summed E-state index contributed by atoms with van der Waals surface area (Å²) in [5.74, 6) is -2.04. The van der Waals surface area contributed by atoms with Gasteiger partial charge in [0.05, 0.1) is 34.1 Å². The van der Waals surface area contributed by atoms with Crippen LogP contribution in [0.2, 0.25) is 5.02 Å². The lowest BCUT2D eigenvalue weighted by molar-refractivity contribution is -0.169. The van der Waals surface area contributed by atoms with E-state index in [2.05, 4.69) is 5.10 Å². The molecule has 2 aromatic rings. The Balaban J connectivity index is 2.09. The highest BCUT2D eigenvalue weighted by Crippen LogP contribution is 2.40. The number of thioether (sulfide) groups is 1. The molecule has 3 rings (SSSR count). The van der Waals surface area contributed by atoms with Gasteiger partial charge in [-0.1, -0.05) is 24.6 Å². The molecule has 1 aliphatic heterocycles. The van der Waals surface area contributed by atoms with Crippen LogP contribution in [-0.2, 0) is 17.1 Å². The summed E-state index contributed by atoms with van der Waals surface area (Å²) in [6.07, 6.45) is -12.6. The molecular weight excluding hydrogens is 613 g/mol. The third-order valence-corrected chi connectivity index (χ3v) is 7.24. The first-order valence-corrected chi connectivity index (χ1v) is 13.4. The van der Waals surface area contributed by atoms with E-state index in [1.165, 1.54) is 11.8 Å². The summed E-state index contributed by atoms with van der Waals surface area (Å²) in [4.78, 5) is 25.3. The number of imide groups is 1. The van der Waals surface area contributed by atoms with Crippen LogP contribution >= 0.6 is 23.4 Å². The predicted molar refractivity (Wildman–Crippen MR) is 136 cm³/mol. The van der Waals surface area contributed by atoms with Crippen molar-refractivity contribution in [3.05, 3.63) is 64.2 Å². The number of anilines is 1. The zero-order valence-corrected chi connectivity index (χ0v) is 22.8. The Morgan fingerprint density at radius 1 is 1.00 bits per heavy atom. The maximum Gasteiger partial charge on any atom is 0.472 e.